The molecule has 0 heterocycles. The van der Waals surface area contributed by atoms with Gasteiger partial charge in [-0.1, -0.05) is 15.9 Å². The van der Waals surface area contributed by atoms with E-state index in [1.807, 2.05) is 0 Å². The summed E-state index contributed by atoms with van der Waals surface area (Å²) in [5.74, 6) is 0.219. The van der Waals surface area contributed by atoms with Gasteiger partial charge in [-0.3, -0.25) is 10.1 Å². The van der Waals surface area contributed by atoms with Crippen LogP contribution >= 0.6 is 44.1 Å². The van der Waals surface area contributed by atoms with Crippen molar-refractivity contribution in [3.63, 3.8) is 0 Å². The summed E-state index contributed by atoms with van der Waals surface area (Å²) >= 11 is 11.8. The summed E-state index contributed by atoms with van der Waals surface area (Å²) in [4.78, 5) is 12.4. The zero-order valence-corrected chi connectivity index (χ0v) is 16.8. The Morgan fingerprint density at radius 1 is 1.25 bits per heavy atom. The third-order valence-electron chi connectivity index (χ3n) is 3.15. The monoisotopic (exact) mass is 472 g/mol. The minimum Gasteiger partial charge on any atom is -0.506 e. The Kier molecular flexibility index (Phi) is 6.20. The number of hydrogen-bond donors (Lipinski definition) is 3. The third kappa shape index (κ3) is 4.46. The van der Waals surface area contributed by atoms with Gasteiger partial charge in [-0.2, -0.15) is 0 Å². The molecule has 0 atom stereocenters. The van der Waals surface area contributed by atoms with Crippen LogP contribution in [0.25, 0.3) is 0 Å². The second-order valence-electron chi connectivity index (χ2n) is 4.88. The second kappa shape index (κ2) is 7.96. The van der Waals surface area contributed by atoms with Gasteiger partial charge in [0, 0.05) is 10.2 Å². The van der Waals surface area contributed by atoms with E-state index in [-0.39, 0.29) is 16.8 Å². The van der Waals surface area contributed by atoms with Crippen molar-refractivity contribution in [3.05, 3.63) is 50.4 Å². The first kappa shape index (κ1) is 18.7. The Morgan fingerprint density at radius 3 is 2.58 bits per heavy atom. The molecule has 1 amide bonds. The number of ether oxygens (including phenoxy) is 1. The van der Waals surface area contributed by atoms with E-state index < -0.39 is 0 Å². The zero-order valence-electron chi connectivity index (χ0n) is 12.8. The number of nitrogens with one attached hydrogen (secondary N) is 2. The summed E-state index contributed by atoms with van der Waals surface area (Å²) < 4.78 is 6.48. The fourth-order valence-electron chi connectivity index (χ4n) is 2.00. The summed E-state index contributed by atoms with van der Waals surface area (Å²) in [5.41, 5.74) is 1.68. The van der Waals surface area contributed by atoms with Crippen LogP contribution in [0.15, 0.2) is 39.3 Å². The molecule has 3 N–H and O–H groups in total. The number of phenols is 1. The summed E-state index contributed by atoms with van der Waals surface area (Å²) in [6.45, 7) is 1.76. The van der Waals surface area contributed by atoms with Crippen LogP contribution in [-0.4, -0.2) is 23.2 Å². The predicted molar refractivity (Wildman–Crippen MR) is 105 cm³/mol. The number of phenolic OH excluding ortho intramolecular Hbond substituents is 1. The van der Waals surface area contributed by atoms with E-state index in [1.54, 1.807) is 37.3 Å². The standard InChI is InChI=1S/C16H14Br2N2O3S/c1-8-5-10(7-12(18)14(8)21)19-16(24)20-15(22)11-6-9(17)3-4-13(11)23-2/h3-7,21H,1-2H3,(H2,19,20,22,24). The number of halogens is 2. The highest BCUT2D eigenvalue weighted by Crippen LogP contribution is 2.31. The van der Waals surface area contributed by atoms with Crippen molar-refractivity contribution in [2.24, 2.45) is 0 Å². The third-order valence-corrected chi connectivity index (χ3v) is 4.45. The smallest absolute Gasteiger partial charge is 0.261 e. The Labute approximate surface area is 161 Å². The van der Waals surface area contributed by atoms with Crippen molar-refractivity contribution in [1.82, 2.24) is 5.32 Å². The minimum atomic E-state index is -0.389. The van der Waals surface area contributed by atoms with Gasteiger partial charge in [0.1, 0.15) is 11.5 Å². The van der Waals surface area contributed by atoms with Crippen LogP contribution in [0.5, 0.6) is 11.5 Å². The molecular formula is C16H14Br2N2O3S. The number of rotatable bonds is 3. The highest BCUT2D eigenvalue weighted by Gasteiger charge is 2.14. The van der Waals surface area contributed by atoms with Crippen LogP contribution in [0, 0.1) is 6.92 Å². The van der Waals surface area contributed by atoms with Crippen LogP contribution in [-0.2, 0) is 0 Å². The van der Waals surface area contributed by atoms with Crippen molar-refractivity contribution in [2.45, 2.75) is 6.92 Å². The summed E-state index contributed by atoms with van der Waals surface area (Å²) in [7, 11) is 1.49. The van der Waals surface area contributed by atoms with Crippen LogP contribution < -0.4 is 15.4 Å². The summed E-state index contributed by atoms with van der Waals surface area (Å²) in [5, 5.41) is 15.4. The molecule has 24 heavy (non-hydrogen) atoms. The van der Waals surface area contributed by atoms with E-state index in [1.165, 1.54) is 7.11 Å². The molecule has 126 valence electrons. The molecule has 0 fully saturated rings. The molecule has 0 bridgehead atoms. The van der Waals surface area contributed by atoms with Crippen LogP contribution in [0.2, 0.25) is 0 Å². The number of hydrogen-bond acceptors (Lipinski definition) is 4. The Balaban J connectivity index is 2.13. The first-order valence-electron chi connectivity index (χ1n) is 6.76. The van der Waals surface area contributed by atoms with Crippen LogP contribution in [0.1, 0.15) is 15.9 Å². The van der Waals surface area contributed by atoms with Crippen molar-refractivity contribution in [3.8, 4) is 11.5 Å². The van der Waals surface area contributed by atoms with Crippen molar-refractivity contribution >= 4 is 60.8 Å². The Morgan fingerprint density at radius 2 is 1.96 bits per heavy atom. The van der Waals surface area contributed by atoms with Crippen molar-refractivity contribution in [1.29, 1.82) is 0 Å². The van der Waals surface area contributed by atoms with E-state index in [4.69, 9.17) is 17.0 Å². The van der Waals surface area contributed by atoms with Crippen molar-refractivity contribution < 1.29 is 14.6 Å². The largest absolute Gasteiger partial charge is 0.506 e. The highest BCUT2D eigenvalue weighted by molar-refractivity contribution is 9.10. The van der Waals surface area contributed by atoms with E-state index in [0.29, 0.717) is 27.0 Å². The number of carbonyl (C=O) groups excluding carboxylic acids is 1. The van der Waals surface area contributed by atoms with Crippen LogP contribution in [0.4, 0.5) is 5.69 Å². The quantitative estimate of drug-likeness (QED) is 0.456. The normalized spacial score (nSPS) is 10.2. The number of thiocarbonyl (C=S) groups is 1. The van der Waals surface area contributed by atoms with Gasteiger partial charge < -0.3 is 15.2 Å². The minimum absolute atomic E-state index is 0.138. The van der Waals surface area contributed by atoms with Gasteiger partial charge in [-0.15, -0.1) is 0 Å². The average molecular weight is 474 g/mol. The number of carbonyl (C=O) groups is 1. The lowest BCUT2D eigenvalue weighted by atomic mass is 10.2. The predicted octanol–water partition coefficient (Wildman–Crippen LogP) is 4.36. The molecule has 0 aliphatic heterocycles. The molecular weight excluding hydrogens is 460 g/mol. The van der Waals surface area contributed by atoms with Gasteiger partial charge in [0.25, 0.3) is 5.91 Å². The van der Waals surface area contributed by atoms with Gasteiger partial charge in [0.05, 0.1) is 17.1 Å². The Bertz CT molecular complexity index is 789. The SMILES string of the molecule is COc1ccc(Br)cc1C(=O)NC(=S)Nc1cc(C)c(O)c(Br)c1. The molecule has 5 nitrogen and oxygen atoms in total. The Hall–Kier alpha value is -1.64. The van der Waals surface area contributed by atoms with E-state index in [0.717, 1.165) is 4.47 Å². The molecule has 2 rings (SSSR count). The van der Waals surface area contributed by atoms with Crippen LogP contribution in [0.3, 0.4) is 0 Å². The topological polar surface area (TPSA) is 70.6 Å². The lowest BCUT2D eigenvalue weighted by Crippen LogP contribution is -2.34. The maximum absolute atomic E-state index is 12.4. The molecule has 0 saturated heterocycles. The maximum Gasteiger partial charge on any atom is 0.261 e. The number of aryl methyl sites for hydroxylation is 1. The van der Waals surface area contributed by atoms with Gasteiger partial charge in [0.2, 0.25) is 0 Å². The molecule has 8 heteroatoms. The van der Waals surface area contributed by atoms with E-state index >= 15 is 0 Å². The van der Waals surface area contributed by atoms with Gasteiger partial charge >= 0.3 is 0 Å². The van der Waals surface area contributed by atoms with Gasteiger partial charge in [-0.05, 0) is 71.0 Å². The van der Waals surface area contributed by atoms with Crippen molar-refractivity contribution in [2.75, 3.05) is 12.4 Å². The van der Waals surface area contributed by atoms with Gasteiger partial charge in [0.15, 0.2) is 5.11 Å². The number of aromatic hydroxyl groups is 1. The first-order valence-corrected chi connectivity index (χ1v) is 8.76. The molecule has 0 aliphatic rings. The van der Waals surface area contributed by atoms with E-state index in [9.17, 15) is 9.90 Å². The zero-order chi connectivity index (χ0) is 17.9. The molecule has 0 saturated carbocycles. The average Bonchev–Trinajstić information content (AvgIpc) is 2.52. The number of anilines is 1. The van der Waals surface area contributed by atoms with E-state index in [2.05, 4.69) is 42.5 Å². The molecule has 2 aromatic carbocycles. The first-order chi connectivity index (χ1) is 11.3. The molecule has 0 spiro atoms. The number of methoxy groups -OCH3 is 1. The molecule has 0 aromatic heterocycles. The second-order valence-corrected chi connectivity index (χ2v) is 7.05. The summed E-state index contributed by atoms with van der Waals surface area (Å²) in [6, 6.07) is 8.51. The maximum atomic E-state index is 12.4. The molecule has 0 radical (unpaired) electrons. The summed E-state index contributed by atoms with van der Waals surface area (Å²) in [6.07, 6.45) is 0. The highest BCUT2D eigenvalue weighted by atomic mass is 79.9. The number of benzene rings is 2. The fourth-order valence-corrected chi connectivity index (χ4v) is 3.13. The lowest BCUT2D eigenvalue weighted by Gasteiger charge is -2.13. The molecule has 2 aromatic rings. The van der Waals surface area contributed by atoms with Gasteiger partial charge in [-0.25, -0.2) is 0 Å². The fraction of sp³-hybridized carbons (Fsp3) is 0.125. The molecule has 0 unspecified atom stereocenters. The molecule has 0 aliphatic carbocycles. The number of amides is 1. The lowest BCUT2D eigenvalue weighted by molar-refractivity contribution is 0.0974.